The van der Waals surface area contributed by atoms with Gasteiger partial charge in [-0.05, 0) is 44.9 Å². The molecule has 1 aliphatic carbocycles. The van der Waals surface area contributed by atoms with Crippen LogP contribution in [0.5, 0.6) is 0 Å². The fraction of sp³-hybridized carbons (Fsp3) is 0.538. The third kappa shape index (κ3) is 3.20. The number of nitrogens with one attached hydrogen (secondary N) is 2. The maximum Gasteiger partial charge on any atom is 0.327 e. The Morgan fingerprint density at radius 3 is 2.47 bits per heavy atom. The molecule has 5 nitrogen and oxygen atoms in total. The first-order valence-electron chi connectivity index (χ1n) is 6.48. The van der Waals surface area contributed by atoms with Crippen molar-refractivity contribution in [2.45, 2.75) is 37.8 Å². The van der Waals surface area contributed by atoms with Crippen molar-refractivity contribution in [3.05, 3.63) is 34.1 Å². The third-order valence-corrected chi connectivity index (χ3v) is 3.66. The molecular formula is C13H18FN3O2. The molecule has 0 atom stereocenters. The summed E-state index contributed by atoms with van der Waals surface area (Å²) in [5, 5.41) is 17.2. The van der Waals surface area contributed by atoms with Gasteiger partial charge in [0.25, 0.3) is 0 Å². The molecule has 104 valence electrons. The number of benzene rings is 1. The largest absolute Gasteiger partial charge is 0.377 e. The van der Waals surface area contributed by atoms with Crippen LogP contribution in [0.25, 0.3) is 0 Å². The number of halogens is 1. The van der Waals surface area contributed by atoms with E-state index >= 15 is 0 Å². The fourth-order valence-electron chi connectivity index (χ4n) is 2.56. The number of rotatable bonds is 4. The maximum atomic E-state index is 13.5. The van der Waals surface area contributed by atoms with E-state index < -0.39 is 16.4 Å². The third-order valence-electron chi connectivity index (χ3n) is 3.66. The second-order valence-electron chi connectivity index (χ2n) is 4.87. The Morgan fingerprint density at radius 1 is 1.26 bits per heavy atom. The molecule has 19 heavy (non-hydrogen) atoms. The van der Waals surface area contributed by atoms with Crippen molar-refractivity contribution in [2.75, 3.05) is 12.4 Å². The van der Waals surface area contributed by atoms with Crippen LogP contribution in [0, 0.1) is 15.9 Å². The van der Waals surface area contributed by atoms with Gasteiger partial charge in [0, 0.05) is 12.1 Å². The molecule has 0 aromatic heterocycles. The first kappa shape index (κ1) is 13.7. The topological polar surface area (TPSA) is 67.2 Å². The Labute approximate surface area is 111 Å². The molecule has 0 radical (unpaired) electrons. The highest BCUT2D eigenvalue weighted by Crippen LogP contribution is 2.30. The Hall–Kier alpha value is -1.69. The average molecular weight is 267 g/mol. The predicted octanol–water partition coefficient (Wildman–Crippen LogP) is 2.68. The van der Waals surface area contributed by atoms with E-state index in [0.29, 0.717) is 6.04 Å². The summed E-state index contributed by atoms with van der Waals surface area (Å²) in [6, 6.07) is 4.85. The standard InChI is InChI=1S/C13H18FN3O2/c1-15-9-5-7-10(8-6-9)16-12-4-2-3-11(14)13(12)17(18)19/h2-4,9-10,15-16H,5-8H2,1H3. The van der Waals surface area contributed by atoms with Gasteiger partial charge in [-0.2, -0.15) is 4.39 Å². The van der Waals surface area contributed by atoms with Crippen LogP contribution in [0.15, 0.2) is 18.2 Å². The summed E-state index contributed by atoms with van der Waals surface area (Å²) in [6.45, 7) is 0. The van der Waals surface area contributed by atoms with E-state index in [9.17, 15) is 14.5 Å². The van der Waals surface area contributed by atoms with Crippen LogP contribution in [0.3, 0.4) is 0 Å². The molecule has 2 N–H and O–H groups in total. The first-order chi connectivity index (χ1) is 9.11. The molecule has 2 rings (SSSR count). The van der Waals surface area contributed by atoms with Gasteiger partial charge in [-0.25, -0.2) is 0 Å². The van der Waals surface area contributed by atoms with Crippen LogP contribution in [0.4, 0.5) is 15.8 Å². The molecule has 0 amide bonds. The van der Waals surface area contributed by atoms with Crippen molar-refractivity contribution in [3.8, 4) is 0 Å². The Bertz CT molecular complexity index is 459. The SMILES string of the molecule is CNC1CCC(Nc2cccc(F)c2[N+](=O)[O-])CC1. The second kappa shape index (κ2) is 5.97. The van der Waals surface area contributed by atoms with E-state index in [-0.39, 0.29) is 11.7 Å². The molecular weight excluding hydrogens is 249 g/mol. The highest BCUT2D eigenvalue weighted by Gasteiger charge is 2.24. The van der Waals surface area contributed by atoms with Gasteiger partial charge >= 0.3 is 5.69 Å². The maximum absolute atomic E-state index is 13.5. The van der Waals surface area contributed by atoms with E-state index in [2.05, 4.69) is 10.6 Å². The van der Waals surface area contributed by atoms with Crippen LogP contribution in [-0.2, 0) is 0 Å². The van der Waals surface area contributed by atoms with Crippen molar-refractivity contribution in [1.29, 1.82) is 0 Å². The van der Waals surface area contributed by atoms with E-state index in [1.807, 2.05) is 7.05 Å². The summed E-state index contributed by atoms with van der Waals surface area (Å²) < 4.78 is 13.5. The van der Waals surface area contributed by atoms with Gasteiger partial charge in [0.1, 0.15) is 5.69 Å². The summed E-state index contributed by atoms with van der Waals surface area (Å²) in [5.41, 5.74) is -0.184. The van der Waals surface area contributed by atoms with Crippen LogP contribution in [0.2, 0.25) is 0 Å². The summed E-state index contributed by atoms with van der Waals surface area (Å²) >= 11 is 0. The van der Waals surface area contributed by atoms with Gasteiger partial charge in [0.05, 0.1) is 4.92 Å². The van der Waals surface area contributed by atoms with E-state index in [4.69, 9.17) is 0 Å². The van der Waals surface area contributed by atoms with Gasteiger partial charge in [-0.15, -0.1) is 0 Å². The molecule has 0 spiro atoms. The Morgan fingerprint density at radius 2 is 1.89 bits per heavy atom. The van der Waals surface area contributed by atoms with Crippen molar-refractivity contribution < 1.29 is 9.31 Å². The van der Waals surface area contributed by atoms with Gasteiger partial charge in [0.15, 0.2) is 0 Å². The van der Waals surface area contributed by atoms with E-state index in [0.717, 1.165) is 31.7 Å². The van der Waals surface area contributed by atoms with Crippen molar-refractivity contribution in [1.82, 2.24) is 5.32 Å². The zero-order chi connectivity index (χ0) is 13.8. The van der Waals surface area contributed by atoms with Crippen molar-refractivity contribution in [3.63, 3.8) is 0 Å². The van der Waals surface area contributed by atoms with Crippen LogP contribution < -0.4 is 10.6 Å². The lowest BCUT2D eigenvalue weighted by molar-refractivity contribution is -0.386. The molecule has 1 saturated carbocycles. The Kier molecular flexibility index (Phi) is 4.31. The summed E-state index contributed by atoms with van der Waals surface area (Å²) in [4.78, 5) is 10.2. The summed E-state index contributed by atoms with van der Waals surface area (Å²) in [5.74, 6) is -0.793. The zero-order valence-electron chi connectivity index (χ0n) is 10.9. The molecule has 1 fully saturated rings. The number of hydrogen-bond donors (Lipinski definition) is 2. The predicted molar refractivity (Wildman–Crippen MR) is 71.8 cm³/mol. The molecule has 0 unspecified atom stereocenters. The number of nitro benzene ring substituents is 1. The minimum Gasteiger partial charge on any atom is -0.377 e. The summed E-state index contributed by atoms with van der Waals surface area (Å²) in [7, 11) is 1.94. The first-order valence-corrected chi connectivity index (χ1v) is 6.48. The zero-order valence-corrected chi connectivity index (χ0v) is 10.9. The lowest BCUT2D eigenvalue weighted by atomic mass is 9.91. The normalized spacial score (nSPS) is 23.1. The van der Waals surface area contributed by atoms with E-state index in [1.54, 1.807) is 6.07 Å². The molecule has 6 heteroatoms. The fourth-order valence-corrected chi connectivity index (χ4v) is 2.56. The molecule has 1 aromatic rings. The van der Waals surface area contributed by atoms with Crippen molar-refractivity contribution >= 4 is 11.4 Å². The molecule has 0 saturated heterocycles. The number of anilines is 1. The number of hydrogen-bond acceptors (Lipinski definition) is 4. The van der Waals surface area contributed by atoms with E-state index in [1.165, 1.54) is 6.07 Å². The van der Waals surface area contributed by atoms with Gasteiger partial charge < -0.3 is 10.6 Å². The van der Waals surface area contributed by atoms with Gasteiger partial charge in [-0.3, -0.25) is 10.1 Å². The highest BCUT2D eigenvalue weighted by molar-refractivity contribution is 5.62. The van der Waals surface area contributed by atoms with Crippen molar-refractivity contribution in [2.24, 2.45) is 0 Å². The van der Waals surface area contributed by atoms with Crippen LogP contribution in [0.1, 0.15) is 25.7 Å². The minimum atomic E-state index is -0.793. The molecule has 1 aromatic carbocycles. The Balaban J connectivity index is 2.08. The molecule has 0 aliphatic heterocycles. The minimum absolute atomic E-state index is 0.171. The molecule has 0 heterocycles. The summed E-state index contributed by atoms with van der Waals surface area (Å²) in [6.07, 6.45) is 3.91. The van der Waals surface area contributed by atoms with Crippen LogP contribution >= 0.6 is 0 Å². The molecule has 1 aliphatic rings. The average Bonchev–Trinajstić information content (AvgIpc) is 2.39. The lowest BCUT2D eigenvalue weighted by Gasteiger charge is -2.29. The van der Waals surface area contributed by atoms with Gasteiger partial charge in [-0.1, -0.05) is 6.07 Å². The molecule has 0 bridgehead atoms. The monoisotopic (exact) mass is 267 g/mol. The van der Waals surface area contributed by atoms with Crippen LogP contribution in [-0.4, -0.2) is 24.1 Å². The quantitative estimate of drug-likeness (QED) is 0.650. The van der Waals surface area contributed by atoms with Gasteiger partial charge in [0.2, 0.25) is 5.82 Å². The highest BCUT2D eigenvalue weighted by atomic mass is 19.1. The number of para-hydroxylation sites is 1. The smallest absolute Gasteiger partial charge is 0.327 e. The number of nitro groups is 1. The second-order valence-corrected chi connectivity index (χ2v) is 4.87. The number of nitrogens with zero attached hydrogens (tertiary/aromatic N) is 1. The lowest BCUT2D eigenvalue weighted by Crippen LogP contribution is -2.35.